The van der Waals surface area contributed by atoms with Gasteiger partial charge in [-0.05, 0) is 64.9 Å². The average molecular weight is 361 g/mol. The van der Waals surface area contributed by atoms with Crippen LogP contribution in [0.25, 0.3) is 0 Å². The lowest BCUT2D eigenvalue weighted by Gasteiger charge is -2.24. The highest BCUT2D eigenvalue weighted by molar-refractivity contribution is 14.1. The monoisotopic (exact) mass is 361 g/mol. The first kappa shape index (κ1) is 11.0. The van der Waals surface area contributed by atoms with Crippen molar-refractivity contribution in [2.45, 2.75) is 25.3 Å². The Balaban J connectivity index is 1.87. The lowest BCUT2D eigenvalue weighted by Crippen LogP contribution is -2.15. The second-order valence-electron chi connectivity index (χ2n) is 4.03. The van der Waals surface area contributed by atoms with E-state index in [2.05, 4.69) is 50.8 Å². The molecule has 1 aliphatic rings. The lowest BCUT2D eigenvalue weighted by molar-refractivity contribution is 0.609. The number of aryl methyl sites for hydroxylation is 1. The fraction of sp³-hybridized carbons (Fsp3) is 0.333. The lowest BCUT2D eigenvalue weighted by atomic mass is 9.94. The van der Waals surface area contributed by atoms with Gasteiger partial charge in [0.05, 0.1) is 8.93 Å². The Morgan fingerprint density at radius 1 is 1.44 bits per heavy atom. The molecule has 0 aromatic carbocycles. The summed E-state index contributed by atoms with van der Waals surface area (Å²) in [6.45, 7) is 0. The van der Waals surface area contributed by atoms with E-state index in [1.807, 2.05) is 11.3 Å². The van der Waals surface area contributed by atoms with Gasteiger partial charge in [-0.2, -0.15) is 11.3 Å². The fourth-order valence-corrected chi connectivity index (χ4v) is 4.94. The van der Waals surface area contributed by atoms with Crippen molar-refractivity contribution in [3.8, 4) is 0 Å². The second kappa shape index (κ2) is 4.66. The number of halogens is 1. The molecular formula is C12H12INS2. The molecule has 3 rings (SSSR count). The molecule has 1 N–H and O–H groups in total. The van der Waals surface area contributed by atoms with Gasteiger partial charge in [0, 0.05) is 15.9 Å². The number of rotatable bonds is 2. The molecule has 0 aliphatic heterocycles. The summed E-state index contributed by atoms with van der Waals surface area (Å²) in [4.78, 5) is 1.59. The van der Waals surface area contributed by atoms with Crippen LogP contribution in [0.1, 0.15) is 29.3 Å². The highest BCUT2D eigenvalue weighted by Gasteiger charge is 2.22. The van der Waals surface area contributed by atoms with Gasteiger partial charge in [0.1, 0.15) is 0 Å². The molecule has 1 aliphatic carbocycles. The summed E-state index contributed by atoms with van der Waals surface area (Å²) in [5, 5.41) is 7.96. The van der Waals surface area contributed by atoms with E-state index in [0.29, 0.717) is 6.04 Å². The van der Waals surface area contributed by atoms with Crippen LogP contribution in [0, 0.1) is 2.88 Å². The van der Waals surface area contributed by atoms with Crippen molar-refractivity contribution in [1.82, 2.24) is 0 Å². The number of nitrogens with one attached hydrogen (secondary N) is 1. The van der Waals surface area contributed by atoms with Crippen LogP contribution in [-0.2, 0) is 6.42 Å². The SMILES string of the molecule is Ic1cc2c(s1)CCCC2Nc1ccsc1. The van der Waals surface area contributed by atoms with Crippen LogP contribution in [-0.4, -0.2) is 0 Å². The van der Waals surface area contributed by atoms with Crippen LogP contribution in [0.15, 0.2) is 22.9 Å². The number of hydrogen-bond donors (Lipinski definition) is 1. The van der Waals surface area contributed by atoms with Gasteiger partial charge in [-0.25, -0.2) is 0 Å². The number of thiophene rings is 2. The molecular weight excluding hydrogens is 349 g/mol. The quantitative estimate of drug-likeness (QED) is 0.750. The molecule has 2 aromatic rings. The summed E-state index contributed by atoms with van der Waals surface area (Å²) in [6.07, 6.45) is 3.84. The Morgan fingerprint density at radius 3 is 3.19 bits per heavy atom. The van der Waals surface area contributed by atoms with Crippen molar-refractivity contribution >= 4 is 51.0 Å². The summed E-state index contributed by atoms with van der Waals surface area (Å²) in [7, 11) is 0. The molecule has 1 nitrogen and oxygen atoms in total. The molecule has 1 atom stereocenters. The van der Waals surface area contributed by atoms with E-state index >= 15 is 0 Å². The third-order valence-corrected chi connectivity index (χ3v) is 5.60. The van der Waals surface area contributed by atoms with Crippen molar-refractivity contribution < 1.29 is 0 Å². The first-order valence-corrected chi connectivity index (χ1v) is 8.23. The van der Waals surface area contributed by atoms with Crippen molar-refractivity contribution in [3.63, 3.8) is 0 Å². The zero-order chi connectivity index (χ0) is 11.0. The predicted octanol–water partition coefficient (Wildman–Crippen LogP) is 4.90. The van der Waals surface area contributed by atoms with E-state index in [1.165, 1.54) is 33.4 Å². The van der Waals surface area contributed by atoms with E-state index < -0.39 is 0 Å². The smallest absolute Gasteiger partial charge is 0.0660 e. The van der Waals surface area contributed by atoms with E-state index in [1.54, 1.807) is 16.2 Å². The first-order valence-electron chi connectivity index (χ1n) is 5.40. The largest absolute Gasteiger partial charge is 0.378 e. The van der Waals surface area contributed by atoms with Gasteiger partial charge in [-0.15, -0.1) is 11.3 Å². The Bertz CT molecular complexity index is 475. The van der Waals surface area contributed by atoms with Crippen LogP contribution < -0.4 is 5.32 Å². The topological polar surface area (TPSA) is 12.0 Å². The molecule has 84 valence electrons. The second-order valence-corrected chi connectivity index (χ2v) is 7.84. The van der Waals surface area contributed by atoms with Crippen LogP contribution in [0.3, 0.4) is 0 Å². The summed E-state index contributed by atoms with van der Waals surface area (Å²) in [5.41, 5.74) is 2.80. The predicted molar refractivity (Wildman–Crippen MR) is 80.7 cm³/mol. The average Bonchev–Trinajstić information content (AvgIpc) is 2.86. The van der Waals surface area contributed by atoms with Gasteiger partial charge in [0.25, 0.3) is 0 Å². The van der Waals surface area contributed by atoms with Crippen LogP contribution in [0.2, 0.25) is 0 Å². The molecule has 1 unspecified atom stereocenters. The normalized spacial score (nSPS) is 19.4. The van der Waals surface area contributed by atoms with Crippen molar-refractivity contribution in [3.05, 3.63) is 36.2 Å². The summed E-state index contributed by atoms with van der Waals surface area (Å²) in [6, 6.07) is 5.04. The Hall–Kier alpha value is -0.0700. The van der Waals surface area contributed by atoms with Crippen LogP contribution in [0.5, 0.6) is 0 Å². The molecule has 4 heteroatoms. The van der Waals surface area contributed by atoms with Gasteiger partial charge in [0.2, 0.25) is 0 Å². The number of hydrogen-bond acceptors (Lipinski definition) is 3. The molecule has 0 amide bonds. The molecule has 0 radical (unpaired) electrons. The van der Waals surface area contributed by atoms with Crippen LogP contribution in [0.4, 0.5) is 5.69 Å². The third kappa shape index (κ3) is 2.15. The van der Waals surface area contributed by atoms with Crippen molar-refractivity contribution in [2.24, 2.45) is 0 Å². The van der Waals surface area contributed by atoms with E-state index in [-0.39, 0.29) is 0 Å². The minimum Gasteiger partial charge on any atom is -0.378 e. The Morgan fingerprint density at radius 2 is 2.38 bits per heavy atom. The van der Waals surface area contributed by atoms with Gasteiger partial charge < -0.3 is 5.32 Å². The van der Waals surface area contributed by atoms with Gasteiger partial charge in [-0.3, -0.25) is 0 Å². The van der Waals surface area contributed by atoms with Crippen LogP contribution >= 0.6 is 45.3 Å². The van der Waals surface area contributed by atoms with Crippen molar-refractivity contribution in [2.75, 3.05) is 5.32 Å². The third-order valence-electron chi connectivity index (χ3n) is 2.95. The van der Waals surface area contributed by atoms with Crippen molar-refractivity contribution in [1.29, 1.82) is 0 Å². The van der Waals surface area contributed by atoms with Gasteiger partial charge in [-0.1, -0.05) is 0 Å². The molecule has 2 aromatic heterocycles. The summed E-state index contributed by atoms with van der Waals surface area (Å²) in [5.74, 6) is 0. The van der Waals surface area contributed by atoms with E-state index in [9.17, 15) is 0 Å². The maximum atomic E-state index is 3.64. The fourth-order valence-electron chi connectivity index (χ4n) is 2.22. The highest BCUT2D eigenvalue weighted by atomic mass is 127. The molecule has 0 spiro atoms. The molecule has 0 saturated carbocycles. The molecule has 0 fully saturated rings. The molecule has 0 saturated heterocycles. The number of fused-ring (bicyclic) bond motifs is 1. The van der Waals surface area contributed by atoms with E-state index in [4.69, 9.17) is 0 Å². The van der Waals surface area contributed by atoms with Gasteiger partial charge in [0.15, 0.2) is 0 Å². The van der Waals surface area contributed by atoms with E-state index in [0.717, 1.165) is 0 Å². The molecule has 16 heavy (non-hydrogen) atoms. The maximum absolute atomic E-state index is 3.64. The number of anilines is 1. The summed E-state index contributed by atoms with van der Waals surface area (Å²) < 4.78 is 1.42. The minimum absolute atomic E-state index is 0.526. The molecule has 0 bridgehead atoms. The highest BCUT2D eigenvalue weighted by Crippen LogP contribution is 2.38. The molecule has 2 heterocycles. The van der Waals surface area contributed by atoms with Gasteiger partial charge >= 0.3 is 0 Å². The standard InChI is InChI=1S/C12H12INS2/c13-12-6-9-10(2-1-3-11(9)16-12)14-8-4-5-15-7-8/h4-7,10,14H,1-3H2. The zero-order valence-corrected chi connectivity index (χ0v) is 12.5. The Labute approximate surface area is 117 Å². The minimum atomic E-state index is 0.526. The summed E-state index contributed by atoms with van der Waals surface area (Å²) >= 11 is 6.14. The zero-order valence-electron chi connectivity index (χ0n) is 8.70. The maximum Gasteiger partial charge on any atom is 0.0660 e. The first-order chi connectivity index (χ1) is 7.83. The Kier molecular flexibility index (Phi) is 3.22.